The molecule has 25 heavy (non-hydrogen) atoms. The van der Waals surface area contributed by atoms with E-state index < -0.39 is 0 Å². The molecule has 0 aliphatic heterocycles. The van der Waals surface area contributed by atoms with E-state index in [-0.39, 0.29) is 0 Å². The van der Waals surface area contributed by atoms with Crippen molar-refractivity contribution in [2.24, 2.45) is 7.05 Å². The molecule has 1 aromatic heterocycles. The van der Waals surface area contributed by atoms with Crippen molar-refractivity contribution >= 4 is 28.7 Å². The van der Waals surface area contributed by atoms with Crippen LogP contribution in [0.5, 0.6) is 0 Å². The predicted octanol–water partition coefficient (Wildman–Crippen LogP) is 4.77. The van der Waals surface area contributed by atoms with Crippen LogP contribution in [0.4, 0.5) is 5.69 Å². The van der Waals surface area contributed by atoms with Crippen LogP contribution in [0.3, 0.4) is 0 Å². The van der Waals surface area contributed by atoms with Crippen LogP contribution in [0.25, 0.3) is 23.1 Å². The van der Waals surface area contributed by atoms with Crippen LogP contribution in [0.2, 0.25) is 0 Å². The summed E-state index contributed by atoms with van der Waals surface area (Å²) >= 11 is 0. The number of pyridine rings is 1. The van der Waals surface area contributed by atoms with Gasteiger partial charge in [0.25, 0.3) is 0 Å². The summed E-state index contributed by atoms with van der Waals surface area (Å²) in [7, 11) is 6.22. The van der Waals surface area contributed by atoms with Crippen LogP contribution >= 0.6 is 0 Å². The number of aromatic nitrogens is 1. The molecule has 3 aromatic rings. The zero-order chi connectivity index (χ0) is 17.8. The highest BCUT2D eigenvalue weighted by Crippen LogP contribution is 2.14. The highest BCUT2D eigenvalue weighted by Gasteiger charge is 2.08. The number of hydrogen-bond acceptors (Lipinski definition) is 1. The topological polar surface area (TPSA) is 7.12 Å². The molecular formula is C23H25N2+. The monoisotopic (exact) mass is 329 g/mol. The zero-order valence-corrected chi connectivity index (χ0v) is 15.4. The Labute approximate surface area is 150 Å². The SMILES string of the molecule is Cc1ccc2c(ccc(/C=C/C=C/c3ccc(N(C)C)cc3)[n+]2C)c1. The lowest BCUT2D eigenvalue weighted by molar-refractivity contribution is -0.646. The molecule has 3 rings (SSSR count). The molecule has 0 aliphatic carbocycles. The lowest BCUT2D eigenvalue weighted by Crippen LogP contribution is -2.32. The van der Waals surface area contributed by atoms with E-state index in [2.05, 4.69) is 116 Å². The van der Waals surface area contributed by atoms with Gasteiger partial charge in [0.05, 0.1) is 0 Å². The molecule has 2 heteroatoms. The van der Waals surface area contributed by atoms with Gasteiger partial charge in [-0.25, -0.2) is 0 Å². The predicted molar refractivity (Wildman–Crippen MR) is 109 cm³/mol. The van der Waals surface area contributed by atoms with Crippen molar-refractivity contribution in [3.63, 3.8) is 0 Å². The first kappa shape index (κ1) is 17.0. The molecule has 0 spiro atoms. The Morgan fingerprint density at radius 1 is 0.840 bits per heavy atom. The third kappa shape index (κ3) is 3.97. The number of rotatable bonds is 4. The molecule has 0 radical (unpaired) electrons. The van der Waals surface area contributed by atoms with Crippen LogP contribution in [0, 0.1) is 6.92 Å². The number of benzene rings is 2. The quantitative estimate of drug-likeness (QED) is 0.494. The average molecular weight is 329 g/mol. The smallest absolute Gasteiger partial charge is 0.212 e. The van der Waals surface area contributed by atoms with Crippen molar-refractivity contribution in [1.29, 1.82) is 0 Å². The van der Waals surface area contributed by atoms with Crippen LogP contribution < -0.4 is 9.47 Å². The molecule has 2 aromatic carbocycles. The molecule has 0 N–H and O–H groups in total. The molecule has 0 bridgehead atoms. The molecule has 0 fully saturated rings. The highest BCUT2D eigenvalue weighted by molar-refractivity contribution is 5.77. The minimum absolute atomic E-state index is 1.18. The summed E-state index contributed by atoms with van der Waals surface area (Å²) in [5, 5.41) is 1.27. The molecule has 0 saturated carbocycles. The van der Waals surface area contributed by atoms with Gasteiger partial charge in [-0.1, -0.05) is 42.0 Å². The average Bonchev–Trinajstić information content (AvgIpc) is 2.60. The Morgan fingerprint density at radius 3 is 2.28 bits per heavy atom. The highest BCUT2D eigenvalue weighted by atomic mass is 15.1. The maximum Gasteiger partial charge on any atom is 0.212 e. The van der Waals surface area contributed by atoms with Gasteiger partial charge >= 0.3 is 0 Å². The Balaban J connectivity index is 1.76. The first-order valence-electron chi connectivity index (χ1n) is 8.56. The number of hydrogen-bond donors (Lipinski definition) is 0. The number of allylic oxidation sites excluding steroid dienone is 2. The standard InChI is InChI=1S/C23H25N2/c1-18-9-16-23-20(17-18)12-15-22(25(23)4)8-6-5-7-19-10-13-21(14-11-19)24(2)3/h5-17H,1-4H3/q+1. The van der Waals surface area contributed by atoms with Crippen LogP contribution in [0.15, 0.2) is 66.7 Å². The van der Waals surface area contributed by atoms with E-state index in [0.29, 0.717) is 0 Å². The Kier molecular flexibility index (Phi) is 4.99. The first-order chi connectivity index (χ1) is 12.0. The first-order valence-corrected chi connectivity index (χ1v) is 8.56. The molecule has 0 aliphatic rings. The summed E-state index contributed by atoms with van der Waals surface area (Å²) < 4.78 is 2.23. The summed E-state index contributed by atoms with van der Waals surface area (Å²) in [5.74, 6) is 0. The molecule has 0 saturated heterocycles. The molecular weight excluding hydrogens is 304 g/mol. The third-order valence-corrected chi connectivity index (χ3v) is 4.44. The van der Waals surface area contributed by atoms with Gasteiger partial charge in [-0.2, -0.15) is 4.57 Å². The summed E-state index contributed by atoms with van der Waals surface area (Å²) in [6.07, 6.45) is 8.45. The second-order valence-corrected chi connectivity index (χ2v) is 6.58. The second-order valence-electron chi connectivity index (χ2n) is 6.58. The third-order valence-electron chi connectivity index (χ3n) is 4.44. The fraction of sp³-hybridized carbons (Fsp3) is 0.174. The maximum absolute atomic E-state index is 2.23. The van der Waals surface area contributed by atoms with Crippen molar-refractivity contribution in [2.45, 2.75) is 6.92 Å². The van der Waals surface area contributed by atoms with Gasteiger partial charge < -0.3 is 4.90 Å². The van der Waals surface area contributed by atoms with E-state index in [9.17, 15) is 0 Å². The Hall–Kier alpha value is -2.87. The Morgan fingerprint density at radius 2 is 1.56 bits per heavy atom. The minimum Gasteiger partial charge on any atom is -0.378 e. The number of aryl methyl sites for hydroxylation is 2. The van der Waals surface area contributed by atoms with E-state index >= 15 is 0 Å². The minimum atomic E-state index is 1.18. The second kappa shape index (κ2) is 7.35. The van der Waals surface area contributed by atoms with Crippen molar-refractivity contribution in [2.75, 3.05) is 19.0 Å². The van der Waals surface area contributed by atoms with Gasteiger partial charge in [0.2, 0.25) is 11.2 Å². The maximum atomic E-state index is 2.23. The largest absolute Gasteiger partial charge is 0.378 e. The van der Waals surface area contributed by atoms with Crippen molar-refractivity contribution in [1.82, 2.24) is 0 Å². The van der Waals surface area contributed by atoms with Gasteiger partial charge in [-0.05, 0) is 36.8 Å². The van der Waals surface area contributed by atoms with Gasteiger partial charge in [0.15, 0.2) is 0 Å². The molecule has 1 heterocycles. The van der Waals surface area contributed by atoms with E-state index in [1.807, 2.05) is 0 Å². The van der Waals surface area contributed by atoms with Gasteiger partial charge in [0, 0.05) is 43.4 Å². The molecule has 0 atom stereocenters. The van der Waals surface area contributed by atoms with E-state index in [1.54, 1.807) is 0 Å². The van der Waals surface area contributed by atoms with Crippen LogP contribution in [0.1, 0.15) is 16.8 Å². The number of nitrogens with zero attached hydrogens (tertiary/aromatic N) is 2. The lowest BCUT2D eigenvalue weighted by Gasteiger charge is -2.11. The molecule has 126 valence electrons. The summed E-state index contributed by atoms with van der Waals surface area (Å²) in [5.41, 5.74) is 6.14. The van der Waals surface area contributed by atoms with Crippen molar-refractivity contribution in [3.8, 4) is 0 Å². The van der Waals surface area contributed by atoms with Gasteiger partial charge in [0.1, 0.15) is 7.05 Å². The van der Waals surface area contributed by atoms with Gasteiger partial charge in [-0.3, -0.25) is 0 Å². The van der Waals surface area contributed by atoms with E-state index in [4.69, 9.17) is 0 Å². The summed E-state index contributed by atoms with van der Waals surface area (Å²) in [4.78, 5) is 2.11. The number of anilines is 1. The fourth-order valence-corrected chi connectivity index (χ4v) is 2.91. The van der Waals surface area contributed by atoms with Crippen LogP contribution in [-0.2, 0) is 7.05 Å². The van der Waals surface area contributed by atoms with Crippen LogP contribution in [-0.4, -0.2) is 14.1 Å². The van der Waals surface area contributed by atoms with E-state index in [1.165, 1.54) is 33.4 Å². The fourth-order valence-electron chi connectivity index (χ4n) is 2.91. The lowest BCUT2D eigenvalue weighted by atomic mass is 10.1. The number of fused-ring (bicyclic) bond motifs is 1. The molecule has 2 nitrogen and oxygen atoms in total. The van der Waals surface area contributed by atoms with Crippen molar-refractivity contribution in [3.05, 3.63) is 83.6 Å². The summed E-state index contributed by atoms with van der Waals surface area (Å²) in [6, 6.07) is 19.5. The molecule has 0 amide bonds. The van der Waals surface area contributed by atoms with E-state index in [0.717, 1.165) is 0 Å². The molecule has 0 unspecified atom stereocenters. The Bertz CT molecular complexity index is 932. The van der Waals surface area contributed by atoms with Crippen molar-refractivity contribution < 1.29 is 4.57 Å². The van der Waals surface area contributed by atoms with Gasteiger partial charge in [-0.15, -0.1) is 0 Å². The summed E-state index contributed by atoms with van der Waals surface area (Å²) in [6.45, 7) is 2.13. The zero-order valence-electron chi connectivity index (χ0n) is 15.4. The normalized spacial score (nSPS) is 11.7.